The van der Waals surface area contributed by atoms with Crippen LogP contribution in [0.3, 0.4) is 0 Å². The largest absolute Gasteiger partial charge is 0.393 e. The molecular weight excluding hydrogens is 332 g/mol. The maximum atomic E-state index is 10.1. The van der Waals surface area contributed by atoms with E-state index in [0.717, 1.165) is 23.0 Å². The molecule has 0 spiro atoms. The molecule has 0 saturated heterocycles. The minimum atomic E-state index is -0.592. The summed E-state index contributed by atoms with van der Waals surface area (Å²) in [5.74, 6) is 2.41. The monoisotopic (exact) mass is 372 g/mol. The Morgan fingerprint density at radius 1 is 1.26 bits per heavy atom. The SMILES string of the molecule is C=C1/C(=C\C=C2/CCC[C@]3(C)C(C(C)CCCC)CC[C@@H]23)C[C@@H](O)C[C@@H]1O. The van der Waals surface area contributed by atoms with Gasteiger partial charge in [0, 0.05) is 6.42 Å². The van der Waals surface area contributed by atoms with Crippen LogP contribution in [0.15, 0.2) is 35.5 Å². The Kier molecular flexibility index (Phi) is 6.69. The van der Waals surface area contributed by atoms with Crippen LogP contribution in [0.5, 0.6) is 0 Å². The maximum Gasteiger partial charge on any atom is 0.0811 e. The van der Waals surface area contributed by atoms with Gasteiger partial charge in [0.2, 0.25) is 0 Å². The number of rotatable bonds is 5. The predicted octanol–water partition coefficient (Wildman–Crippen LogP) is 5.95. The fourth-order valence-corrected chi connectivity index (χ4v) is 6.41. The van der Waals surface area contributed by atoms with Crippen molar-refractivity contribution in [3.63, 3.8) is 0 Å². The average molecular weight is 373 g/mol. The fraction of sp³-hybridized carbons (Fsp3) is 0.760. The zero-order chi connectivity index (χ0) is 19.6. The van der Waals surface area contributed by atoms with Crippen LogP contribution >= 0.6 is 0 Å². The van der Waals surface area contributed by atoms with Crippen LogP contribution < -0.4 is 0 Å². The lowest BCUT2D eigenvalue weighted by Crippen LogP contribution is -2.36. The molecule has 3 rings (SSSR count). The van der Waals surface area contributed by atoms with Crippen molar-refractivity contribution in [1.29, 1.82) is 0 Å². The van der Waals surface area contributed by atoms with Gasteiger partial charge in [0.1, 0.15) is 0 Å². The lowest BCUT2D eigenvalue weighted by Gasteiger charge is -2.44. The van der Waals surface area contributed by atoms with E-state index >= 15 is 0 Å². The van der Waals surface area contributed by atoms with Crippen molar-refractivity contribution in [1.82, 2.24) is 0 Å². The lowest BCUT2D eigenvalue weighted by molar-refractivity contribution is 0.0861. The maximum absolute atomic E-state index is 10.1. The smallest absolute Gasteiger partial charge is 0.0811 e. The van der Waals surface area contributed by atoms with Crippen molar-refractivity contribution in [3.8, 4) is 0 Å². The average Bonchev–Trinajstić information content (AvgIpc) is 2.99. The normalized spacial score (nSPS) is 41.1. The molecule has 0 bridgehead atoms. The van der Waals surface area contributed by atoms with Gasteiger partial charge in [-0.3, -0.25) is 0 Å². The van der Waals surface area contributed by atoms with Gasteiger partial charge < -0.3 is 10.2 Å². The summed E-state index contributed by atoms with van der Waals surface area (Å²) in [4.78, 5) is 0. The predicted molar refractivity (Wildman–Crippen MR) is 113 cm³/mol. The number of aliphatic hydroxyl groups is 2. The third-order valence-electron chi connectivity index (χ3n) is 8.00. The van der Waals surface area contributed by atoms with Crippen molar-refractivity contribution < 1.29 is 10.2 Å². The quantitative estimate of drug-likeness (QED) is 0.625. The molecule has 3 saturated carbocycles. The van der Waals surface area contributed by atoms with E-state index in [1.807, 2.05) is 0 Å². The zero-order valence-corrected chi connectivity index (χ0v) is 17.7. The summed E-state index contributed by atoms with van der Waals surface area (Å²) in [5.41, 5.74) is 3.89. The van der Waals surface area contributed by atoms with Crippen LogP contribution in [0, 0.1) is 23.2 Å². The van der Waals surface area contributed by atoms with E-state index in [1.165, 1.54) is 51.4 Å². The van der Waals surface area contributed by atoms with Gasteiger partial charge in [-0.15, -0.1) is 0 Å². The molecular formula is C25H40O2. The van der Waals surface area contributed by atoms with Gasteiger partial charge in [-0.2, -0.15) is 0 Å². The zero-order valence-electron chi connectivity index (χ0n) is 17.7. The first-order valence-electron chi connectivity index (χ1n) is 11.3. The number of fused-ring (bicyclic) bond motifs is 1. The third kappa shape index (κ3) is 4.27. The number of hydrogen-bond donors (Lipinski definition) is 2. The van der Waals surface area contributed by atoms with E-state index in [0.29, 0.717) is 24.2 Å². The Morgan fingerprint density at radius 3 is 2.78 bits per heavy atom. The molecule has 0 aromatic carbocycles. The van der Waals surface area contributed by atoms with Gasteiger partial charge in [0.25, 0.3) is 0 Å². The molecule has 0 aromatic rings. The van der Waals surface area contributed by atoms with Crippen LogP contribution in [0.25, 0.3) is 0 Å². The van der Waals surface area contributed by atoms with Crippen LogP contribution in [0.1, 0.15) is 85.0 Å². The number of hydrogen-bond acceptors (Lipinski definition) is 2. The molecule has 0 radical (unpaired) electrons. The molecule has 152 valence electrons. The van der Waals surface area contributed by atoms with E-state index < -0.39 is 12.2 Å². The van der Waals surface area contributed by atoms with Crippen molar-refractivity contribution in [3.05, 3.63) is 35.5 Å². The molecule has 3 aliphatic rings. The first kappa shape index (κ1) is 20.9. The number of aliphatic hydroxyl groups excluding tert-OH is 2. The molecule has 3 aliphatic carbocycles. The van der Waals surface area contributed by atoms with Crippen LogP contribution in [-0.4, -0.2) is 22.4 Å². The van der Waals surface area contributed by atoms with Crippen molar-refractivity contribution in [2.24, 2.45) is 23.2 Å². The summed E-state index contributed by atoms with van der Waals surface area (Å²) < 4.78 is 0. The molecule has 2 N–H and O–H groups in total. The Bertz CT molecular complexity index is 601. The molecule has 0 aliphatic heterocycles. The molecule has 2 unspecified atom stereocenters. The standard InChI is InChI=1S/C25H40O2/c1-5-6-8-17(2)22-12-13-23-19(9-7-14-25(22,23)4)10-11-20-15-21(26)16-24(27)18(20)3/h10-11,17,21-24,26-27H,3,5-9,12-16H2,1-2,4H3/b19-10+,20-11-/t17?,21-,22?,23+,24+,25-/m1/s1. The molecule has 6 atom stereocenters. The highest BCUT2D eigenvalue weighted by molar-refractivity contribution is 5.38. The van der Waals surface area contributed by atoms with Gasteiger partial charge in [0.15, 0.2) is 0 Å². The highest BCUT2D eigenvalue weighted by atomic mass is 16.3. The summed E-state index contributed by atoms with van der Waals surface area (Å²) in [7, 11) is 0. The molecule has 2 heteroatoms. The molecule has 0 heterocycles. The lowest BCUT2D eigenvalue weighted by atomic mass is 9.60. The summed E-state index contributed by atoms with van der Waals surface area (Å²) in [6.45, 7) is 11.4. The van der Waals surface area contributed by atoms with E-state index in [2.05, 4.69) is 39.5 Å². The summed E-state index contributed by atoms with van der Waals surface area (Å²) >= 11 is 0. The number of allylic oxidation sites excluding steroid dienone is 3. The Balaban J connectivity index is 1.77. The van der Waals surface area contributed by atoms with Crippen LogP contribution in [0.2, 0.25) is 0 Å². The molecule has 27 heavy (non-hydrogen) atoms. The highest BCUT2D eigenvalue weighted by Crippen LogP contribution is 2.59. The number of unbranched alkanes of at least 4 members (excludes halogenated alkanes) is 1. The van der Waals surface area contributed by atoms with E-state index in [9.17, 15) is 10.2 Å². The van der Waals surface area contributed by atoms with Crippen LogP contribution in [-0.2, 0) is 0 Å². The second-order valence-corrected chi connectivity index (χ2v) is 9.78. The summed E-state index contributed by atoms with van der Waals surface area (Å²) in [5, 5.41) is 20.1. The first-order chi connectivity index (χ1) is 12.9. The van der Waals surface area contributed by atoms with E-state index in [-0.39, 0.29) is 0 Å². The second-order valence-electron chi connectivity index (χ2n) is 9.78. The fourth-order valence-electron chi connectivity index (χ4n) is 6.41. The molecule has 3 fully saturated rings. The highest BCUT2D eigenvalue weighted by Gasteiger charge is 2.50. The third-order valence-corrected chi connectivity index (χ3v) is 8.00. The Hall–Kier alpha value is -0.860. The van der Waals surface area contributed by atoms with Crippen LogP contribution in [0.4, 0.5) is 0 Å². The van der Waals surface area contributed by atoms with E-state index in [1.54, 1.807) is 5.57 Å². The second kappa shape index (κ2) is 8.66. The van der Waals surface area contributed by atoms with Gasteiger partial charge in [0.05, 0.1) is 12.2 Å². The van der Waals surface area contributed by atoms with Crippen molar-refractivity contribution in [2.75, 3.05) is 0 Å². The minimum absolute atomic E-state index is 0.421. The molecule has 2 nitrogen and oxygen atoms in total. The topological polar surface area (TPSA) is 40.5 Å². The first-order valence-corrected chi connectivity index (χ1v) is 11.3. The Morgan fingerprint density at radius 2 is 2.04 bits per heavy atom. The van der Waals surface area contributed by atoms with Gasteiger partial charge in [-0.05, 0) is 72.8 Å². The molecule has 0 aromatic heterocycles. The summed E-state index contributed by atoms with van der Waals surface area (Å²) in [6, 6.07) is 0. The Labute approximate surface area is 166 Å². The van der Waals surface area contributed by atoms with E-state index in [4.69, 9.17) is 0 Å². The van der Waals surface area contributed by atoms with Crippen molar-refractivity contribution >= 4 is 0 Å². The van der Waals surface area contributed by atoms with Gasteiger partial charge in [-0.25, -0.2) is 0 Å². The minimum Gasteiger partial charge on any atom is -0.393 e. The van der Waals surface area contributed by atoms with Crippen molar-refractivity contribution in [2.45, 2.75) is 97.2 Å². The molecule has 0 amide bonds. The summed E-state index contributed by atoms with van der Waals surface area (Å²) in [6.07, 6.45) is 15.1. The van der Waals surface area contributed by atoms with Gasteiger partial charge >= 0.3 is 0 Å². The van der Waals surface area contributed by atoms with Gasteiger partial charge in [-0.1, -0.05) is 64.3 Å².